The van der Waals surface area contributed by atoms with Crippen LogP contribution in [0.3, 0.4) is 0 Å². The van der Waals surface area contributed by atoms with Crippen LogP contribution in [0, 0.1) is 5.92 Å². The number of hydrogen-bond donors (Lipinski definition) is 0. The molecule has 18 heavy (non-hydrogen) atoms. The lowest BCUT2D eigenvalue weighted by atomic mass is 9.99. The molecule has 0 unspecified atom stereocenters. The predicted octanol–water partition coefficient (Wildman–Crippen LogP) is 1.99. The summed E-state index contributed by atoms with van der Waals surface area (Å²) in [5.74, 6) is 0.979. The minimum absolute atomic E-state index is 0.979. The molecular formula is C15H33N3. The molecule has 2 heterocycles. The monoisotopic (exact) mass is 255 g/mol. The van der Waals surface area contributed by atoms with E-state index >= 15 is 0 Å². The number of rotatable bonds is 2. The van der Waals surface area contributed by atoms with E-state index in [0.29, 0.717) is 0 Å². The van der Waals surface area contributed by atoms with Crippen LogP contribution in [0.2, 0.25) is 0 Å². The molecular weight excluding hydrogens is 222 g/mol. The fraction of sp³-hybridized carbons (Fsp3) is 1.00. The molecule has 0 saturated carbocycles. The number of hydrogen-bond acceptors (Lipinski definition) is 3. The molecule has 0 radical (unpaired) electrons. The number of piperidine rings is 1. The molecule has 2 rings (SSSR count). The summed E-state index contributed by atoms with van der Waals surface area (Å²) in [5, 5.41) is 0. The molecule has 0 bridgehead atoms. The van der Waals surface area contributed by atoms with E-state index in [0.717, 1.165) is 5.92 Å². The topological polar surface area (TPSA) is 9.72 Å². The second-order valence-electron chi connectivity index (χ2n) is 5.85. The molecule has 0 N–H and O–H groups in total. The van der Waals surface area contributed by atoms with Crippen LogP contribution < -0.4 is 0 Å². The highest BCUT2D eigenvalue weighted by atomic mass is 15.2. The van der Waals surface area contributed by atoms with Crippen LogP contribution in [-0.2, 0) is 0 Å². The third kappa shape index (κ3) is 6.17. The summed E-state index contributed by atoms with van der Waals surface area (Å²) >= 11 is 0. The first-order chi connectivity index (χ1) is 8.65. The Morgan fingerprint density at radius 2 is 1.22 bits per heavy atom. The van der Waals surface area contributed by atoms with Crippen molar-refractivity contribution >= 4 is 0 Å². The van der Waals surface area contributed by atoms with E-state index in [9.17, 15) is 0 Å². The molecule has 0 aromatic heterocycles. The quantitative estimate of drug-likeness (QED) is 0.747. The van der Waals surface area contributed by atoms with Gasteiger partial charge in [-0.2, -0.15) is 0 Å². The maximum Gasteiger partial charge on any atom is 0.0110 e. The number of likely N-dealkylation sites (N-methyl/N-ethyl adjacent to an activating group) is 2. The van der Waals surface area contributed by atoms with E-state index in [-0.39, 0.29) is 0 Å². The van der Waals surface area contributed by atoms with Crippen LogP contribution >= 0.6 is 0 Å². The highest BCUT2D eigenvalue weighted by Gasteiger charge is 2.13. The van der Waals surface area contributed by atoms with E-state index in [2.05, 4.69) is 42.5 Å². The van der Waals surface area contributed by atoms with Crippen molar-refractivity contribution in [3.8, 4) is 0 Å². The summed E-state index contributed by atoms with van der Waals surface area (Å²) in [5.41, 5.74) is 0. The smallest absolute Gasteiger partial charge is 0.0110 e. The van der Waals surface area contributed by atoms with Gasteiger partial charge < -0.3 is 14.7 Å². The van der Waals surface area contributed by atoms with Gasteiger partial charge in [0.1, 0.15) is 0 Å². The molecule has 0 aromatic carbocycles. The average molecular weight is 255 g/mol. The SMILES string of the molecule is CCN1CCC(C)CC1.CCN1CCN(C)CC1. The van der Waals surface area contributed by atoms with Gasteiger partial charge in [0, 0.05) is 26.2 Å². The predicted molar refractivity (Wildman–Crippen MR) is 80.1 cm³/mol. The number of piperazine rings is 1. The normalized spacial score (nSPS) is 24.7. The third-order valence-corrected chi connectivity index (χ3v) is 4.37. The van der Waals surface area contributed by atoms with Crippen molar-refractivity contribution < 1.29 is 0 Å². The summed E-state index contributed by atoms with van der Waals surface area (Å²) in [6.07, 6.45) is 2.82. The average Bonchev–Trinajstić information content (AvgIpc) is 2.41. The van der Waals surface area contributed by atoms with Gasteiger partial charge in [0.25, 0.3) is 0 Å². The number of nitrogens with zero attached hydrogens (tertiary/aromatic N) is 3. The van der Waals surface area contributed by atoms with Crippen molar-refractivity contribution in [2.45, 2.75) is 33.6 Å². The Balaban J connectivity index is 0.000000180. The van der Waals surface area contributed by atoms with E-state index in [1.54, 1.807) is 0 Å². The summed E-state index contributed by atoms with van der Waals surface area (Å²) < 4.78 is 0. The second kappa shape index (κ2) is 8.89. The maximum absolute atomic E-state index is 2.53. The molecule has 0 amide bonds. The highest BCUT2D eigenvalue weighted by molar-refractivity contribution is 4.67. The van der Waals surface area contributed by atoms with E-state index in [1.807, 2.05) is 0 Å². The summed E-state index contributed by atoms with van der Waals surface area (Å²) in [4.78, 5) is 7.40. The van der Waals surface area contributed by atoms with Gasteiger partial charge in [0.2, 0.25) is 0 Å². The van der Waals surface area contributed by atoms with Crippen molar-refractivity contribution in [3.05, 3.63) is 0 Å². The van der Waals surface area contributed by atoms with Gasteiger partial charge >= 0.3 is 0 Å². The largest absolute Gasteiger partial charge is 0.304 e. The zero-order chi connectivity index (χ0) is 13.4. The Hall–Kier alpha value is -0.120. The van der Waals surface area contributed by atoms with Gasteiger partial charge in [-0.1, -0.05) is 20.8 Å². The van der Waals surface area contributed by atoms with E-state index < -0.39 is 0 Å². The van der Waals surface area contributed by atoms with Gasteiger partial charge in [0.15, 0.2) is 0 Å². The van der Waals surface area contributed by atoms with Crippen LogP contribution in [0.15, 0.2) is 0 Å². The minimum atomic E-state index is 0.979. The Kier molecular flexibility index (Phi) is 7.87. The summed E-state index contributed by atoms with van der Waals surface area (Å²) in [6, 6.07) is 0. The van der Waals surface area contributed by atoms with Crippen molar-refractivity contribution in [2.24, 2.45) is 5.92 Å². The van der Waals surface area contributed by atoms with Gasteiger partial charge in [-0.25, -0.2) is 0 Å². The Morgan fingerprint density at radius 1 is 0.778 bits per heavy atom. The second-order valence-corrected chi connectivity index (χ2v) is 5.85. The molecule has 0 spiro atoms. The molecule has 3 nitrogen and oxygen atoms in total. The van der Waals surface area contributed by atoms with Crippen LogP contribution in [0.5, 0.6) is 0 Å². The van der Waals surface area contributed by atoms with Gasteiger partial charge in [-0.3, -0.25) is 0 Å². The van der Waals surface area contributed by atoms with Gasteiger partial charge in [-0.15, -0.1) is 0 Å². The molecule has 2 saturated heterocycles. The van der Waals surface area contributed by atoms with E-state index in [4.69, 9.17) is 0 Å². The van der Waals surface area contributed by atoms with Crippen molar-refractivity contribution in [1.82, 2.24) is 14.7 Å². The molecule has 3 heteroatoms. The van der Waals surface area contributed by atoms with Gasteiger partial charge in [0.05, 0.1) is 0 Å². The van der Waals surface area contributed by atoms with Crippen LogP contribution in [0.1, 0.15) is 33.6 Å². The van der Waals surface area contributed by atoms with Crippen LogP contribution in [-0.4, -0.2) is 74.1 Å². The van der Waals surface area contributed by atoms with E-state index in [1.165, 1.54) is 65.2 Å². The third-order valence-electron chi connectivity index (χ3n) is 4.37. The minimum Gasteiger partial charge on any atom is -0.304 e. The lowest BCUT2D eigenvalue weighted by Crippen LogP contribution is -2.44. The molecule has 108 valence electrons. The number of likely N-dealkylation sites (tertiary alicyclic amines) is 1. The fourth-order valence-electron chi connectivity index (χ4n) is 2.54. The first kappa shape index (κ1) is 15.9. The van der Waals surface area contributed by atoms with Crippen molar-refractivity contribution in [3.63, 3.8) is 0 Å². The molecule has 0 aromatic rings. The fourth-order valence-corrected chi connectivity index (χ4v) is 2.54. The van der Waals surface area contributed by atoms with Crippen LogP contribution in [0.25, 0.3) is 0 Å². The van der Waals surface area contributed by atoms with Crippen LogP contribution in [0.4, 0.5) is 0 Å². The maximum atomic E-state index is 2.53. The lowest BCUT2D eigenvalue weighted by molar-refractivity contribution is 0.160. The molecule has 2 aliphatic heterocycles. The molecule has 2 aliphatic rings. The zero-order valence-electron chi connectivity index (χ0n) is 13.0. The van der Waals surface area contributed by atoms with Crippen molar-refractivity contribution in [2.75, 3.05) is 59.4 Å². The van der Waals surface area contributed by atoms with Crippen molar-refractivity contribution in [1.29, 1.82) is 0 Å². The molecule has 2 fully saturated rings. The Bertz CT molecular complexity index is 170. The first-order valence-electron chi connectivity index (χ1n) is 7.79. The summed E-state index contributed by atoms with van der Waals surface area (Å²) in [6.45, 7) is 17.0. The first-order valence-corrected chi connectivity index (χ1v) is 7.79. The molecule has 0 aliphatic carbocycles. The summed E-state index contributed by atoms with van der Waals surface area (Å²) in [7, 11) is 2.19. The Morgan fingerprint density at radius 3 is 1.67 bits per heavy atom. The zero-order valence-corrected chi connectivity index (χ0v) is 13.0. The van der Waals surface area contributed by atoms with Gasteiger partial charge in [-0.05, 0) is 52.0 Å². The Labute approximate surface area is 114 Å². The molecule has 0 atom stereocenters. The lowest BCUT2D eigenvalue weighted by Gasteiger charge is -2.31. The standard InChI is InChI=1S/C8H17N.C7H16N2/c2*1-3-9-6-4-8(2)5-7-9/h8H,3-7H2,1-2H3;3-7H2,1-2H3. The highest BCUT2D eigenvalue weighted by Crippen LogP contribution is 2.14.